The van der Waals surface area contributed by atoms with Gasteiger partial charge in [-0.15, -0.1) is 6.58 Å². The van der Waals surface area contributed by atoms with Crippen LogP contribution < -0.4 is 4.89 Å². The van der Waals surface area contributed by atoms with Gasteiger partial charge in [-0.1, -0.05) is 141 Å². The van der Waals surface area contributed by atoms with Gasteiger partial charge in [0, 0.05) is 12.8 Å². The first-order valence-corrected chi connectivity index (χ1v) is 21.3. The molecule has 0 amide bonds. The second kappa shape index (κ2) is 32.6. The first-order valence-electron chi connectivity index (χ1n) is 19.9. The summed E-state index contributed by atoms with van der Waals surface area (Å²) in [5.74, 6) is -0.833. The molecule has 0 aromatic rings. The van der Waals surface area contributed by atoms with Crippen LogP contribution in [-0.4, -0.2) is 70.0 Å². The summed E-state index contributed by atoms with van der Waals surface area (Å²) in [6.45, 7) is 5.73. The van der Waals surface area contributed by atoms with Crippen LogP contribution in [0.1, 0.15) is 174 Å². The van der Waals surface area contributed by atoms with E-state index in [4.69, 9.17) is 18.5 Å². The molecule has 290 valence electrons. The molecular formula is C39H76NO8P. The fraction of sp³-hybridized carbons (Fsp3) is 0.897. The van der Waals surface area contributed by atoms with Gasteiger partial charge in [-0.2, -0.15) is 0 Å². The molecule has 0 aliphatic heterocycles. The average Bonchev–Trinajstić information content (AvgIpc) is 3.04. The van der Waals surface area contributed by atoms with Crippen LogP contribution in [0.5, 0.6) is 0 Å². The minimum atomic E-state index is -4.61. The van der Waals surface area contributed by atoms with Crippen LogP contribution in [0.15, 0.2) is 12.7 Å². The number of carbonyl (C=O) groups excluding carboxylic acids is 2. The number of unbranched alkanes of at least 4 members (excludes halogenated alkanes) is 22. The molecule has 9 nitrogen and oxygen atoms in total. The Morgan fingerprint density at radius 1 is 0.653 bits per heavy atom. The molecule has 0 aromatic heterocycles. The van der Waals surface area contributed by atoms with Crippen molar-refractivity contribution in [3.05, 3.63) is 12.7 Å². The molecular weight excluding hydrogens is 641 g/mol. The zero-order chi connectivity index (χ0) is 36.5. The second-order valence-electron chi connectivity index (χ2n) is 14.7. The number of quaternary nitrogens is 1. The Morgan fingerprint density at radius 3 is 1.53 bits per heavy atom. The highest BCUT2D eigenvalue weighted by molar-refractivity contribution is 7.45. The highest BCUT2D eigenvalue weighted by atomic mass is 31.2. The molecule has 49 heavy (non-hydrogen) atoms. The normalized spacial score (nSPS) is 13.6. The number of allylic oxidation sites excluding steroid dienone is 1. The highest BCUT2D eigenvalue weighted by Crippen LogP contribution is 2.38. The zero-order valence-electron chi connectivity index (χ0n) is 32.2. The van der Waals surface area contributed by atoms with Gasteiger partial charge >= 0.3 is 11.9 Å². The van der Waals surface area contributed by atoms with Gasteiger partial charge in [0.2, 0.25) is 0 Å². The molecule has 0 spiro atoms. The van der Waals surface area contributed by atoms with Gasteiger partial charge in [-0.05, 0) is 25.7 Å². The van der Waals surface area contributed by atoms with E-state index >= 15 is 0 Å². The number of ether oxygens (including phenoxy) is 2. The maximum Gasteiger partial charge on any atom is 0.306 e. The topological polar surface area (TPSA) is 111 Å². The summed E-state index contributed by atoms with van der Waals surface area (Å²) in [7, 11) is 1.17. The Labute approximate surface area is 301 Å². The maximum atomic E-state index is 12.6. The minimum Gasteiger partial charge on any atom is -0.756 e. The molecule has 0 aliphatic carbocycles. The summed E-state index contributed by atoms with van der Waals surface area (Å²) in [6.07, 6.45) is 29.9. The maximum absolute atomic E-state index is 12.6. The van der Waals surface area contributed by atoms with E-state index in [9.17, 15) is 19.0 Å². The largest absolute Gasteiger partial charge is 0.756 e. The third kappa shape index (κ3) is 36.3. The van der Waals surface area contributed by atoms with Crippen molar-refractivity contribution < 1.29 is 42.1 Å². The van der Waals surface area contributed by atoms with Crippen molar-refractivity contribution in [3.63, 3.8) is 0 Å². The summed E-state index contributed by atoms with van der Waals surface area (Å²) >= 11 is 0. The number of carbonyl (C=O) groups is 2. The van der Waals surface area contributed by atoms with E-state index in [1.165, 1.54) is 103 Å². The van der Waals surface area contributed by atoms with Gasteiger partial charge in [-0.3, -0.25) is 14.2 Å². The number of hydrogen-bond donors (Lipinski definition) is 0. The van der Waals surface area contributed by atoms with Gasteiger partial charge in [0.25, 0.3) is 7.82 Å². The molecule has 0 bridgehead atoms. The van der Waals surface area contributed by atoms with E-state index in [0.717, 1.165) is 44.9 Å². The molecule has 0 aliphatic rings. The van der Waals surface area contributed by atoms with Crippen LogP contribution >= 0.6 is 7.82 Å². The SMILES string of the molecule is C=CCCCCCCCCCCCCCCCC(=O)OC[C@@H](COP(=O)([O-])OCC[N+](C)(C)C)OC(=O)CCCCCCCCCCCC. The third-order valence-corrected chi connectivity index (χ3v) is 9.65. The Kier molecular flexibility index (Phi) is 31.8. The predicted octanol–water partition coefficient (Wildman–Crippen LogP) is 10.00. The number of esters is 2. The molecule has 0 saturated heterocycles. The Hall–Kier alpha value is -1.25. The lowest BCUT2D eigenvalue weighted by molar-refractivity contribution is -0.870. The summed E-state index contributed by atoms with van der Waals surface area (Å²) in [4.78, 5) is 37.3. The molecule has 10 heteroatoms. The van der Waals surface area contributed by atoms with Crippen molar-refractivity contribution in [3.8, 4) is 0 Å². The van der Waals surface area contributed by atoms with Crippen LogP contribution in [0.4, 0.5) is 0 Å². The van der Waals surface area contributed by atoms with Gasteiger partial charge < -0.3 is 27.9 Å². The van der Waals surface area contributed by atoms with E-state index in [-0.39, 0.29) is 32.0 Å². The molecule has 0 aromatic carbocycles. The summed E-state index contributed by atoms with van der Waals surface area (Å²) < 4.78 is 33.7. The molecule has 0 heterocycles. The number of rotatable bonds is 37. The van der Waals surface area contributed by atoms with E-state index in [1.807, 2.05) is 27.2 Å². The first-order chi connectivity index (χ1) is 23.5. The lowest BCUT2D eigenvalue weighted by Crippen LogP contribution is -2.37. The van der Waals surface area contributed by atoms with Crippen LogP contribution in [0.2, 0.25) is 0 Å². The van der Waals surface area contributed by atoms with Crippen molar-refractivity contribution in [2.75, 3.05) is 47.5 Å². The quantitative estimate of drug-likeness (QED) is 0.0205. The standard InChI is InChI=1S/C39H76NO8P/c1-6-8-10-12-14-16-18-19-20-21-22-24-25-27-29-31-38(41)45-35-37(36-47-49(43,44)46-34-33-40(3,4)5)48-39(42)32-30-28-26-23-17-15-13-11-9-7-2/h6,37H,1,7-36H2,2-5H3/t37-/m0/s1. The summed E-state index contributed by atoms with van der Waals surface area (Å²) in [5.41, 5.74) is 0. The van der Waals surface area contributed by atoms with Crippen molar-refractivity contribution >= 4 is 19.8 Å². The van der Waals surface area contributed by atoms with Gasteiger partial charge in [0.05, 0.1) is 27.7 Å². The molecule has 1 unspecified atom stereocenters. The fourth-order valence-corrected chi connectivity index (χ4v) is 6.25. The zero-order valence-corrected chi connectivity index (χ0v) is 33.1. The van der Waals surface area contributed by atoms with Crippen molar-refractivity contribution in [1.29, 1.82) is 0 Å². The summed E-state index contributed by atoms with van der Waals surface area (Å²) in [6, 6.07) is 0. The number of hydrogen-bond acceptors (Lipinski definition) is 8. The Morgan fingerprint density at radius 2 is 1.08 bits per heavy atom. The Balaban J connectivity index is 4.34. The lowest BCUT2D eigenvalue weighted by Gasteiger charge is -2.28. The van der Waals surface area contributed by atoms with Crippen molar-refractivity contribution in [1.82, 2.24) is 0 Å². The number of nitrogens with zero attached hydrogens (tertiary/aromatic N) is 1. The smallest absolute Gasteiger partial charge is 0.306 e. The molecule has 0 fully saturated rings. The van der Waals surface area contributed by atoms with E-state index in [2.05, 4.69) is 13.5 Å². The fourth-order valence-electron chi connectivity index (χ4n) is 5.52. The van der Waals surface area contributed by atoms with E-state index in [0.29, 0.717) is 17.4 Å². The number of phosphoric acid groups is 1. The second-order valence-corrected chi connectivity index (χ2v) is 16.2. The third-order valence-electron chi connectivity index (χ3n) is 8.68. The van der Waals surface area contributed by atoms with Gasteiger partial charge in [0.1, 0.15) is 19.8 Å². The lowest BCUT2D eigenvalue weighted by atomic mass is 10.0. The van der Waals surface area contributed by atoms with E-state index in [1.54, 1.807) is 0 Å². The minimum absolute atomic E-state index is 0.0284. The number of phosphoric ester groups is 1. The molecule has 0 rings (SSSR count). The van der Waals surface area contributed by atoms with Crippen LogP contribution in [0.25, 0.3) is 0 Å². The van der Waals surface area contributed by atoms with Crippen LogP contribution in [-0.2, 0) is 32.7 Å². The van der Waals surface area contributed by atoms with Gasteiger partial charge in [-0.25, -0.2) is 0 Å². The first kappa shape index (κ1) is 47.8. The monoisotopic (exact) mass is 718 g/mol. The number of likely N-dealkylation sites (N-methyl/N-ethyl adjacent to an activating group) is 1. The average molecular weight is 718 g/mol. The van der Waals surface area contributed by atoms with Gasteiger partial charge in [0.15, 0.2) is 6.10 Å². The van der Waals surface area contributed by atoms with Crippen LogP contribution in [0, 0.1) is 0 Å². The summed E-state index contributed by atoms with van der Waals surface area (Å²) in [5, 5.41) is 0. The van der Waals surface area contributed by atoms with Crippen LogP contribution in [0.3, 0.4) is 0 Å². The predicted molar refractivity (Wildman–Crippen MR) is 199 cm³/mol. The Bertz CT molecular complexity index is 847. The molecule has 0 saturated carbocycles. The molecule has 0 N–H and O–H groups in total. The highest BCUT2D eigenvalue weighted by Gasteiger charge is 2.21. The molecule has 0 radical (unpaired) electrons. The molecule has 2 atom stereocenters. The van der Waals surface area contributed by atoms with E-state index < -0.39 is 26.5 Å². The van der Waals surface area contributed by atoms with Crippen molar-refractivity contribution in [2.45, 2.75) is 180 Å². The van der Waals surface area contributed by atoms with Crippen molar-refractivity contribution in [2.24, 2.45) is 0 Å².